The Morgan fingerprint density at radius 1 is 0.850 bits per heavy atom. The third-order valence-electron chi connectivity index (χ3n) is 7.24. The molecule has 3 aromatic carbocycles. The quantitative estimate of drug-likeness (QED) is 0.176. The fourth-order valence-corrected chi connectivity index (χ4v) is 5.11. The average molecular weight is 543 g/mol. The summed E-state index contributed by atoms with van der Waals surface area (Å²) in [6.45, 7) is 0.216. The Kier molecular flexibility index (Phi) is 7.37. The molecule has 0 unspecified atom stereocenters. The molecular formula is C31H30N2O7. The summed E-state index contributed by atoms with van der Waals surface area (Å²) in [5.74, 6) is 0.557. The summed E-state index contributed by atoms with van der Waals surface area (Å²) in [7, 11) is 6.20. The van der Waals surface area contributed by atoms with Gasteiger partial charge in [0.05, 0.1) is 40.1 Å². The minimum absolute atomic E-state index is 0.0146. The molecule has 2 heterocycles. The molecule has 1 aliphatic heterocycles. The van der Waals surface area contributed by atoms with Crippen LogP contribution < -0.4 is 18.9 Å². The van der Waals surface area contributed by atoms with Gasteiger partial charge in [0.15, 0.2) is 0 Å². The Balaban J connectivity index is 1.60. The van der Waals surface area contributed by atoms with Gasteiger partial charge in [-0.2, -0.15) is 0 Å². The maximum atomic E-state index is 13.5. The van der Waals surface area contributed by atoms with Gasteiger partial charge >= 0.3 is 0 Å². The number of ketones is 1. The normalized spacial score (nSPS) is 16.4. The topological polar surface area (TPSA) is 110 Å². The molecule has 1 aromatic heterocycles. The molecule has 0 spiro atoms. The number of aromatic nitrogens is 1. The summed E-state index contributed by atoms with van der Waals surface area (Å²) in [5, 5.41) is 12.4. The highest BCUT2D eigenvalue weighted by atomic mass is 16.5. The molecule has 9 heteroatoms. The molecule has 206 valence electrons. The summed E-state index contributed by atoms with van der Waals surface area (Å²) in [4.78, 5) is 31.7. The van der Waals surface area contributed by atoms with Crippen molar-refractivity contribution in [3.05, 3.63) is 89.1 Å². The van der Waals surface area contributed by atoms with Crippen LogP contribution in [0.15, 0.2) is 72.4 Å². The molecule has 0 radical (unpaired) electrons. The molecule has 40 heavy (non-hydrogen) atoms. The van der Waals surface area contributed by atoms with Crippen molar-refractivity contribution in [1.29, 1.82) is 0 Å². The van der Waals surface area contributed by atoms with Crippen molar-refractivity contribution >= 4 is 28.4 Å². The van der Waals surface area contributed by atoms with Gasteiger partial charge in [-0.15, -0.1) is 0 Å². The molecule has 1 atom stereocenters. The zero-order chi connectivity index (χ0) is 28.4. The van der Waals surface area contributed by atoms with Gasteiger partial charge in [-0.3, -0.25) is 9.59 Å². The number of nitrogens with one attached hydrogen (secondary N) is 1. The number of likely N-dealkylation sites (tertiary alicyclic amines) is 1. The van der Waals surface area contributed by atoms with Crippen molar-refractivity contribution in [3.63, 3.8) is 0 Å². The van der Waals surface area contributed by atoms with Crippen LogP contribution in [0.25, 0.3) is 16.7 Å². The maximum Gasteiger partial charge on any atom is 0.295 e. The first-order chi connectivity index (χ1) is 19.4. The summed E-state index contributed by atoms with van der Waals surface area (Å²) in [6.07, 6.45) is 2.35. The summed E-state index contributed by atoms with van der Waals surface area (Å²) in [6, 6.07) is 16.7. The van der Waals surface area contributed by atoms with Gasteiger partial charge in [-0.1, -0.05) is 0 Å². The summed E-state index contributed by atoms with van der Waals surface area (Å²) in [5.41, 5.74) is 2.83. The largest absolute Gasteiger partial charge is 0.507 e. The third kappa shape index (κ3) is 4.70. The van der Waals surface area contributed by atoms with Gasteiger partial charge in [-0.25, -0.2) is 0 Å². The van der Waals surface area contributed by atoms with Crippen molar-refractivity contribution in [2.24, 2.45) is 0 Å². The molecule has 5 rings (SSSR count). The van der Waals surface area contributed by atoms with E-state index in [1.807, 2.05) is 24.4 Å². The number of Topliss-reactive ketones (excluding diaryl/α,β-unsaturated/α-hetero) is 1. The van der Waals surface area contributed by atoms with Crippen molar-refractivity contribution in [2.75, 3.05) is 35.0 Å². The van der Waals surface area contributed by atoms with Crippen molar-refractivity contribution in [3.8, 4) is 23.0 Å². The lowest BCUT2D eigenvalue weighted by Crippen LogP contribution is -2.31. The lowest BCUT2D eigenvalue weighted by atomic mass is 9.94. The van der Waals surface area contributed by atoms with Crippen LogP contribution in [0.1, 0.15) is 22.7 Å². The molecule has 1 amide bonds. The monoisotopic (exact) mass is 542 g/mol. The molecule has 9 nitrogen and oxygen atoms in total. The SMILES string of the molecule is COc1ccc(C(O)=C2C(=O)C(=O)N(CCc3c[nH]c4ccc(OC)cc34)[C@H]2c2ccc(OC)cc2OC)cc1. The van der Waals surface area contributed by atoms with Crippen molar-refractivity contribution in [1.82, 2.24) is 9.88 Å². The van der Waals surface area contributed by atoms with Gasteiger partial charge in [0.25, 0.3) is 11.7 Å². The van der Waals surface area contributed by atoms with E-state index in [1.54, 1.807) is 63.8 Å². The minimum atomic E-state index is -0.886. The first kappa shape index (κ1) is 26.7. The molecule has 0 bridgehead atoms. The van der Waals surface area contributed by atoms with E-state index in [0.717, 1.165) is 22.2 Å². The fraction of sp³-hybridized carbons (Fsp3) is 0.226. The number of ether oxygens (including phenoxy) is 4. The zero-order valence-electron chi connectivity index (χ0n) is 22.7. The number of methoxy groups -OCH3 is 4. The van der Waals surface area contributed by atoms with Crippen LogP contribution >= 0.6 is 0 Å². The summed E-state index contributed by atoms with van der Waals surface area (Å²) >= 11 is 0. The number of nitrogens with zero attached hydrogens (tertiary/aromatic N) is 1. The van der Waals surface area contributed by atoms with E-state index in [9.17, 15) is 14.7 Å². The Morgan fingerprint density at radius 2 is 1.50 bits per heavy atom. The number of amides is 1. The lowest BCUT2D eigenvalue weighted by Gasteiger charge is -2.27. The number of aliphatic hydroxyl groups is 1. The van der Waals surface area contributed by atoms with Gasteiger partial charge in [0.1, 0.15) is 28.8 Å². The van der Waals surface area contributed by atoms with Crippen molar-refractivity contribution in [2.45, 2.75) is 12.5 Å². The van der Waals surface area contributed by atoms with E-state index in [1.165, 1.54) is 12.0 Å². The molecule has 0 saturated carbocycles. The first-order valence-electron chi connectivity index (χ1n) is 12.7. The highest BCUT2D eigenvalue weighted by Crippen LogP contribution is 2.44. The number of carbonyl (C=O) groups excluding carboxylic acids is 2. The predicted octanol–water partition coefficient (Wildman–Crippen LogP) is 4.87. The average Bonchev–Trinajstić information content (AvgIpc) is 3.52. The van der Waals surface area contributed by atoms with Gasteiger partial charge in [0, 0.05) is 40.8 Å². The van der Waals surface area contributed by atoms with E-state index in [2.05, 4.69) is 4.98 Å². The Bertz CT molecular complexity index is 1600. The number of rotatable bonds is 9. The van der Waals surface area contributed by atoms with Crippen LogP contribution in [0.2, 0.25) is 0 Å². The number of aromatic amines is 1. The third-order valence-corrected chi connectivity index (χ3v) is 7.24. The molecule has 1 saturated heterocycles. The second-order valence-electron chi connectivity index (χ2n) is 9.30. The number of carbonyl (C=O) groups is 2. The number of hydrogen-bond acceptors (Lipinski definition) is 7. The molecule has 2 N–H and O–H groups in total. The van der Waals surface area contributed by atoms with Crippen LogP contribution in [0.5, 0.6) is 23.0 Å². The Morgan fingerprint density at radius 3 is 2.17 bits per heavy atom. The van der Waals surface area contributed by atoms with E-state index < -0.39 is 17.7 Å². The zero-order valence-corrected chi connectivity index (χ0v) is 22.7. The molecular weight excluding hydrogens is 512 g/mol. The predicted molar refractivity (Wildman–Crippen MR) is 150 cm³/mol. The molecule has 1 fully saturated rings. The maximum absolute atomic E-state index is 13.5. The van der Waals surface area contributed by atoms with Gasteiger partial charge in [-0.05, 0) is 66.6 Å². The number of hydrogen-bond donors (Lipinski definition) is 2. The number of aliphatic hydroxyl groups excluding tert-OH is 1. The smallest absolute Gasteiger partial charge is 0.295 e. The minimum Gasteiger partial charge on any atom is -0.507 e. The fourth-order valence-electron chi connectivity index (χ4n) is 5.11. The standard InChI is InChI=1S/C31H30N2O7/c1-37-20-7-5-18(6-8-20)29(34)27-28(23-11-9-22(39-3)16-26(23)40-4)33(31(36)30(27)35)14-13-19-17-32-25-12-10-21(38-2)15-24(19)25/h5-12,15-17,28,32,34H,13-14H2,1-4H3/t28-/m0/s1. The van der Waals surface area contributed by atoms with Crippen LogP contribution in [0.3, 0.4) is 0 Å². The van der Waals surface area contributed by atoms with Crippen LogP contribution in [0.4, 0.5) is 0 Å². The van der Waals surface area contributed by atoms with E-state index in [-0.39, 0.29) is 17.9 Å². The summed E-state index contributed by atoms with van der Waals surface area (Å²) < 4.78 is 21.6. The van der Waals surface area contributed by atoms with E-state index >= 15 is 0 Å². The molecule has 1 aliphatic rings. The van der Waals surface area contributed by atoms with Crippen LogP contribution in [0, 0.1) is 0 Å². The molecule has 4 aromatic rings. The number of fused-ring (bicyclic) bond motifs is 1. The van der Waals surface area contributed by atoms with Crippen LogP contribution in [-0.4, -0.2) is 61.7 Å². The lowest BCUT2D eigenvalue weighted by molar-refractivity contribution is -0.139. The molecule has 0 aliphatic carbocycles. The number of H-pyrrole nitrogens is 1. The highest BCUT2D eigenvalue weighted by Gasteiger charge is 2.47. The Hall–Kier alpha value is -4.92. The van der Waals surface area contributed by atoms with Gasteiger partial charge in [0.2, 0.25) is 0 Å². The van der Waals surface area contributed by atoms with Gasteiger partial charge < -0.3 is 33.9 Å². The first-order valence-corrected chi connectivity index (χ1v) is 12.7. The highest BCUT2D eigenvalue weighted by molar-refractivity contribution is 6.46. The number of benzene rings is 3. The van der Waals surface area contributed by atoms with E-state index in [0.29, 0.717) is 34.8 Å². The van der Waals surface area contributed by atoms with E-state index in [4.69, 9.17) is 18.9 Å². The second kappa shape index (κ2) is 11.1. The Labute approximate surface area is 231 Å². The van der Waals surface area contributed by atoms with Crippen LogP contribution in [-0.2, 0) is 16.0 Å². The van der Waals surface area contributed by atoms with Crippen molar-refractivity contribution < 1.29 is 33.6 Å². The second-order valence-corrected chi connectivity index (χ2v) is 9.30.